The predicted octanol–water partition coefficient (Wildman–Crippen LogP) is 1.85. The average Bonchev–Trinajstić information content (AvgIpc) is 3.26. The van der Waals surface area contributed by atoms with Crippen molar-refractivity contribution in [1.82, 2.24) is 19.6 Å². The van der Waals surface area contributed by atoms with E-state index in [2.05, 4.69) is 75.1 Å². The molecule has 8 heteroatoms. The molecule has 2 aromatic rings. The first-order valence-electron chi connectivity index (χ1n) is 10.9. The van der Waals surface area contributed by atoms with Crippen molar-refractivity contribution >= 4 is 17.3 Å². The highest BCUT2D eigenvalue weighted by Gasteiger charge is 2.40. The quantitative estimate of drug-likeness (QED) is 0.610. The van der Waals surface area contributed by atoms with Crippen molar-refractivity contribution in [3.63, 3.8) is 0 Å². The summed E-state index contributed by atoms with van der Waals surface area (Å²) < 4.78 is 2.41. The van der Waals surface area contributed by atoms with Crippen molar-refractivity contribution < 1.29 is 0 Å². The summed E-state index contributed by atoms with van der Waals surface area (Å²) in [7, 11) is 7.35. The smallest absolute Gasteiger partial charge is 0.266 e. The van der Waals surface area contributed by atoms with Gasteiger partial charge in [-0.2, -0.15) is 0 Å². The molecule has 30 heavy (non-hydrogen) atoms. The van der Waals surface area contributed by atoms with E-state index in [4.69, 9.17) is 0 Å². The number of anilines is 3. The van der Waals surface area contributed by atoms with Gasteiger partial charge in [0.2, 0.25) is 11.6 Å². The van der Waals surface area contributed by atoms with E-state index in [-0.39, 0.29) is 5.43 Å². The van der Waals surface area contributed by atoms with Crippen LogP contribution in [0.1, 0.15) is 55.4 Å². The first-order chi connectivity index (χ1) is 13.8. The van der Waals surface area contributed by atoms with Crippen molar-refractivity contribution in [3.8, 4) is 5.69 Å². The molecule has 1 heterocycles. The van der Waals surface area contributed by atoms with Gasteiger partial charge in [-0.3, -0.25) is 4.79 Å². The maximum atomic E-state index is 12.8. The highest BCUT2D eigenvalue weighted by molar-refractivity contribution is 5.76. The molecule has 1 aromatic carbocycles. The van der Waals surface area contributed by atoms with Crippen LogP contribution in [-0.2, 0) is 0 Å². The Labute approximate surface area is 181 Å². The fraction of sp³-hybridized carbons (Fsp3) is 0.727. The van der Waals surface area contributed by atoms with Crippen LogP contribution in [0.25, 0.3) is 5.69 Å². The fourth-order valence-electron chi connectivity index (χ4n) is 4.14. The highest BCUT2D eigenvalue weighted by Crippen LogP contribution is 2.30. The molecule has 0 aliphatic carbocycles. The molecule has 0 fully saturated rings. The molecule has 0 unspecified atom stereocenters. The Kier molecular flexibility index (Phi) is 6.99. The SMILES string of the molecule is CC(C)N(c1c(-n2nc(N(C)C)c(=O)c(N(C)C)n2)c1=[N+](C(C)C)C(C)C)C(C)C. The lowest BCUT2D eigenvalue weighted by Crippen LogP contribution is -2.41. The molecule has 0 saturated heterocycles. The van der Waals surface area contributed by atoms with Crippen molar-refractivity contribution in [3.05, 3.63) is 15.6 Å². The summed E-state index contributed by atoms with van der Waals surface area (Å²) in [5.41, 5.74) is 1.98. The molecule has 0 aliphatic rings. The van der Waals surface area contributed by atoms with Gasteiger partial charge in [0.1, 0.15) is 17.8 Å². The topological polar surface area (TPSA) is 60.5 Å². The van der Waals surface area contributed by atoms with Crippen molar-refractivity contribution in [1.29, 1.82) is 0 Å². The van der Waals surface area contributed by atoms with E-state index in [1.54, 1.807) is 14.6 Å². The van der Waals surface area contributed by atoms with E-state index in [0.29, 0.717) is 35.8 Å². The Hall–Kier alpha value is -2.38. The molecule has 0 saturated carbocycles. The van der Waals surface area contributed by atoms with Crippen LogP contribution in [-0.4, -0.2) is 67.4 Å². The summed E-state index contributed by atoms with van der Waals surface area (Å²) in [6, 6.07) is 1.31. The second-order valence-corrected chi connectivity index (χ2v) is 9.49. The van der Waals surface area contributed by atoms with Crippen LogP contribution in [0, 0.1) is 0 Å². The molecule has 2 rings (SSSR count). The molecule has 0 N–H and O–H groups in total. The van der Waals surface area contributed by atoms with Gasteiger partial charge in [0.15, 0.2) is 5.69 Å². The van der Waals surface area contributed by atoms with Gasteiger partial charge in [-0.25, -0.2) is 4.58 Å². The number of rotatable bonds is 8. The third-order valence-electron chi connectivity index (χ3n) is 5.18. The molecule has 0 aliphatic heterocycles. The van der Waals surface area contributed by atoms with Gasteiger partial charge in [-0.05, 0) is 55.4 Å². The number of nitrogens with zero attached hydrogens (tertiary/aromatic N) is 7. The van der Waals surface area contributed by atoms with Crippen LogP contribution in [0.3, 0.4) is 0 Å². The zero-order chi connectivity index (χ0) is 23.1. The zero-order valence-electron chi connectivity index (χ0n) is 20.8. The summed E-state index contributed by atoms with van der Waals surface area (Å²) in [4.78, 5) is 20.4. The maximum Gasteiger partial charge on any atom is 0.266 e. The average molecular weight is 419 g/mol. The molecule has 0 radical (unpaired) electrons. The van der Waals surface area contributed by atoms with Gasteiger partial charge >= 0.3 is 0 Å². The molecular formula is C22H40N7O+. The molecule has 168 valence electrons. The van der Waals surface area contributed by atoms with E-state index in [9.17, 15) is 4.79 Å². The Morgan fingerprint density at radius 1 is 0.767 bits per heavy atom. The van der Waals surface area contributed by atoms with E-state index in [1.807, 2.05) is 28.2 Å². The van der Waals surface area contributed by atoms with E-state index in [0.717, 1.165) is 5.69 Å². The normalized spacial score (nSPS) is 12.0. The van der Waals surface area contributed by atoms with Crippen LogP contribution in [0.15, 0.2) is 4.79 Å². The van der Waals surface area contributed by atoms with E-state index >= 15 is 0 Å². The minimum Gasteiger partial charge on any atom is -0.359 e. The summed E-state index contributed by atoms with van der Waals surface area (Å²) >= 11 is 0. The van der Waals surface area contributed by atoms with Crippen LogP contribution in [0.2, 0.25) is 0 Å². The minimum absolute atomic E-state index is 0.167. The predicted molar refractivity (Wildman–Crippen MR) is 127 cm³/mol. The van der Waals surface area contributed by atoms with Crippen molar-refractivity contribution in [2.45, 2.75) is 79.6 Å². The van der Waals surface area contributed by atoms with Crippen molar-refractivity contribution in [2.75, 3.05) is 42.9 Å². The Bertz CT molecular complexity index is 907. The standard InChI is InChI=1S/C22H40N7O/c1-13(2)27(14(3)4)17-18(28(15(5)6)16(7)8)19(17)29-23-21(25(9)10)20(30)22(24-29)26(11)12/h13-16H,1-12H3/q+1. The number of hydrogen-bond donors (Lipinski definition) is 0. The minimum atomic E-state index is -0.167. The van der Waals surface area contributed by atoms with Crippen LogP contribution >= 0.6 is 0 Å². The number of aromatic nitrogens is 3. The third kappa shape index (κ3) is 4.37. The zero-order valence-corrected chi connectivity index (χ0v) is 20.8. The second kappa shape index (κ2) is 8.78. The first kappa shape index (κ1) is 23.9. The molecule has 0 spiro atoms. The second-order valence-electron chi connectivity index (χ2n) is 9.49. The highest BCUT2D eigenvalue weighted by atomic mass is 16.1. The van der Waals surface area contributed by atoms with Gasteiger partial charge in [-0.1, -0.05) is 0 Å². The third-order valence-corrected chi connectivity index (χ3v) is 5.18. The van der Waals surface area contributed by atoms with E-state index < -0.39 is 0 Å². The van der Waals surface area contributed by atoms with Gasteiger partial charge in [0, 0.05) is 40.3 Å². The molecular weight excluding hydrogens is 378 g/mol. The van der Waals surface area contributed by atoms with Crippen LogP contribution in [0.5, 0.6) is 0 Å². The Balaban J connectivity index is 2.92. The van der Waals surface area contributed by atoms with Gasteiger partial charge < -0.3 is 14.7 Å². The maximum absolute atomic E-state index is 12.8. The molecule has 0 amide bonds. The van der Waals surface area contributed by atoms with E-state index in [1.165, 1.54) is 11.0 Å². The fourth-order valence-corrected chi connectivity index (χ4v) is 4.14. The van der Waals surface area contributed by atoms with Crippen molar-refractivity contribution in [2.24, 2.45) is 0 Å². The Morgan fingerprint density at radius 3 is 1.47 bits per heavy atom. The molecule has 8 nitrogen and oxygen atoms in total. The van der Waals surface area contributed by atoms with Gasteiger partial charge in [-0.15, -0.1) is 15.0 Å². The monoisotopic (exact) mass is 418 g/mol. The first-order valence-corrected chi connectivity index (χ1v) is 10.9. The van der Waals surface area contributed by atoms with Gasteiger partial charge in [0.05, 0.1) is 0 Å². The summed E-state index contributed by atoms with van der Waals surface area (Å²) in [6.07, 6.45) is 0. The molecule has 0 bridgehead atoms. The summed E-state index contributed by atoms with van der Waals surface area (Å²) in [6.45, 7) is 17.7. The molecule has 0 atom stereocenters. The van der Waals surface area contributed by atoms with Crippen LogP contribution in [0.4, 0.5) is 17.3 Å². The lowest BCUT2D eigenvalue weighted by Gasteiger charge is -2.29. The van der Waals surface area contributed by atoms with Crippen LogP contribution < -0.4 is 30.1 Å². The van der Waals surface area contributed by atoms with Gasteiger partial charge in [0.25, 0.3) is 10.8 Å². The summed E-state index contributed by atoms with van der Waals surface area (Å²) in [5.74, 6) is 0.765. The largest absolute Gasteiger partial charge is 0.359 e. The number of hydrogen-bond acceptors (Lipinski definition) is 6. The molecule has 1 aromatic heterocycles. The lowest BCUT2D eigenvalue weighted by atomic mass is 10.2. The summed E-state index contributed by atoms with van der Waals surface area (Å²) in [5, 5.41) is 10.4. The Morgan fingerprint density at radius 2 is 1.17 bits per heavy atom. The lowest BCUT2D eigenvalue weighted by molar-refractivity contribution is 0.427.